The number of halogens is 3. The number of ether oxygens (including phenoxy) is 1. The van der Waals surface area contributed by atoms with Gasteiger partial charge in [0.1, 0.15) is 5.75 Å². The Morgan fingerprint density at radius 1 is 1.44 bits per heavy atom. The number of methoxy groups -OCH3 is 1. The predicted octanol–water partition coefficient (Wildman–Crippen LogP) is 3.65. The molecule has 0 aliphatic heterocycles. The van der Waals surface area contributed by atoms with Crippen molar-refractivity contribution >= 4 is 43.9 Å². The lowest BCUT2D eigenvalue weighted by Gasteiger charge is -2.08. The summed E-state index contributed by atoms with van der Waals surface area (Å²) in [5.74, 6) is 0.542. The molecule has 6 heteroatoms. The van der Waals surface area contributed by atoms with E-state index in [9.17, 15) is 4.79 Å². The number of hydrogen-bond acceptors (Lipinski definition) is 2. The van der Waals surface area contributed by atoms with Crippen LogP contribution in [0.15, 0.2) is 12.1 Å². The topological polar surface area (TPSA) is 38.3 Å². The van der Waals surface area contributed by atoms with Crippen LogP contribution < -0.4 is 10.1 Å². The summed E-state index contributed by atoms with van der Waals surface area (Å²) in [4.78, 5) is 10.4. The van der Waals surface area contributed by atoms with E-state index in [0.29, 0.717) is 28.8 Å². The zero-order valence-electron chi connectivity index (χ0n) is 8.52. The average molecular weight is 327 g/mol. The van der Waals surface area contributed by atoms with Crippen LogP contribution in [0.2, 0.25) is 10.0 Å². The molecule has 0 aliphatic carbocycles. The largest absolute Gasteiger partial charge is 0.495 e. The molecular weight excluding hydrogens is 317 g/mol. The molecule has 88 valence electrons. The highest BCUT2D eigenvalue weighted by atomic mass is 79.9. The average Bonchev–Trinajstić information content (AvgIpc) is 2.22. The second kappa shape index (κ2) is 6.33. The molecule has 3 nitrogen and oxygen atoms in total. The summed E-state index contributed by atoms with van der Waals surface area (Å²) in [5.41, 5.74) is 0.869. The molecule has 1 aromatic rings. The fraction of sp³-hybridized carbons (Fsp3) is 0.300. The van der Waals surface area contributed by atoms with Gasteiger partial charge in [0.05, 0.1) is 12.1 Å². The van der Waals surface area contributed by atoms with E-state index in [4.69, 9.17) is 27.9 Å². The summed E-state index contributed by atoms with van der Waals surface area (Å²) in [6.07, 6.45) is 0.611. The highest BCUT2D eigenvalue weighted by molar-refractivity contribution is 9.18. The van der Waals surface area contributed by atoms with Crippen LogP contribution in [0.25, 0.3) is 0 Å². The first-order chi connectivity index (χ1) is 7.54. The molecule has 0 bridgehead atoms. The van der Waals surface area contributed by atoms with Crippen LogP contribution in [-0.2, 0) is 6.42 Å². The van der Waals surface area contributed by atoms with E-state index in [1.165, 1.54) is 7.11 Å². The van der Waals surface area contributed by atoms with E-state index in [-0.39, 0.29) is 4.82 Å². The summed E-state index contributed by atoms with van der Waals surface area (Å²) in [6, 6.07) is 3.40. The summed E-state index contributed by atoms with van der Waals surface area (Å²) in [6.45, 7) is 0.493. The molecule has 1 aromatic carbocycles. The van der Waals surface area contributed by atoms with Gasteiger partial charge in [0.2, 0.25) is 0 Å². The number of rotatable bonds is 4. The van der Waals surface area contributed by atoms with Gasteiger partial charge in [-0.2, -0.15) is 0 Å². The van der Waals surface area contributed by atoms with Crippen LogP contribution in [0, 0.1) is 0 Å². The molecule has 0 radical (unpaired) electrons. The Balaban J connectivity index is 2.73. The molecule has 16 heavy (non-hydrogen) atoms. The van der Waals surface area contributed by atoms with Crippen molar-refractivity contribution in [2.24, 2.45) is 0 Å². The standard InChI is InChI=1S/C10H10BrCl2NO2/c1-16-9-5-7(12)6(4-8(9)13)2-3-14-10(11)15/h4-5H,2-3H2,1H3,(H,14,15). The highest BCUT2D eigenvalue weighted by Crippen LogP contribution is 2.30. The molecular formula is C10H10BrCl2NO2. The molecule has 1 rings (SSSR count). The van der Waals surface area contributed by atoms with E-state index < -0.39 is 0 Å². The molecule has 0 aromatic heterocycles. The van der Waals surface area contributed by atoms with Crippen LogP contribution in [0.5, 0.6) is 5.75 Å². The fourth-order valence-corrected chi connectivity index (χ4v) is 1.92. The van der Waals surface area contributed by atoms with E-state index in [2.05, 4.69) is 21.2 Å². The maximum atomic E-state index is 10.6. The first-order valence-electron chi connectivity index (χ1n) is 4.50. The van der Waals surface area contributed by atoms with Gasteiger partial charge in [-0.25, -0.2) is 0 Å². The lowest BCUT2D eigenvalue weighted by atomic mass is 10.1. The van der Waals surface area contributed by atoms with Gasteiger partial charge in [-0.05, 0) is 18.1 Å². The molecule has 0 heterocycles. The predicted molar refractivity (Wildman–Crippen MR) is 69.0 cm³/mol. The second-order valence-corrected chi connectivity index (χ2v) is 4.56. The molecule has 0 fully saturated rings. The zero-order chi connectivity index (χ0) is 12.1. The smallest absolute Gasteiger partial charge is 0.287 e. The van der Waals surface area contributed by atoms with Crippen molar-refractivity contribution in [3.05, 3.63) is 27.7 Å². The molecule has 0 atom stereocenters. The first-order valence-corrected chi connectivity index (χ1v) is 6.04. The summed E-state index contributed by atoms with van der Waals surface area (Å²) < 4.78 is 5.03. The van der Waals surface area contributed by atoms with Gasteiger partial charge in [0.25, 0.3) is 4.82 Å². The van der Waals surface area contributed by atoms with Crippen molar-refractivity contribution in [1.82, 2.24) is 5.32 Å². The Hall–Kier alpha value is -0.450. The SMILES string of the molecule is COc1cc(Cl)c(CCNC(=O)Br)cc1Cl. The molecule has 0 spiro atoms. The third-order valence-electron chi connectivity index (χ3n) is 1.98. The number of benzene rings is 1. The summed E-state index contributed by atoms with van der Waals surface area (Å²) in [5, 5.41) is 3.69. The van der Waals surface area contributed by atoms with Crippen molar-refractivity contribution < 1.29 is 9.53 Å². The Labute approximate surface area is 112 Å². The number of nitrogens with one attached hydrogen (secondary N) is 1. The number of carbonyl (C=O) groups is 1. The Kier molecular flexibility index (Phi) is 5.38. The van der Waals surface area contributed by atoms with E-state index >= 15 is 0 Å². The number of amides is 1. The van der Waals surface area contributed by atoms with Crippen molar-refractivity contribution in [3.63, 3.8) is 0 Å². The third kappa shape index (κ3) is 3.85. The minimum atomic E-state index is -0.247. The molecule has 0 saturated carbocycles. The Morgan fingerprint density at radius 2 is 2.12 bits per heavy atom. The van der Waals surface area contributed by atoms with Crippen LogP contribution in [0.4, 0.5) is 4.79 Å². The van der Waals surface area contributed by atoms with Gasteiger partial charge in [-0.3, -0.25) is 4.79 Å². The zero-order valence-corrected chi connectivity index (χ0v) is 11.6. The van der Waals surface area contributed by atoms with Crippen LogP contribution in [0.1, 0.15) is 5.56 Å². The Morgan fingerprint density at radius 3 is 2.69 bits per heavy atom. The fourth-order valence-electron chi connectivity index (χ4n) is 1.21. The molecule has 1 amide bonds. The van der Waals surface area contributed by atoms with Crippen LogP contribution >= 0.6 is 39.1 Å². The third-order valence-corrected chi connectivity index (χ3v) is 2.91. The molecule has 0 aliphatic rings. The monoisotopic (exact) mass is 325 g/mol. The maximum absolute atomic E-state index is 10.6. The van der Waals surface area contributed by atoms with Crippen molar-refractivity contribution in [1.29, 1.82) is 0 Å². The van der Waals surface area contributed by atoms with E-state index in [0.717, 1.165) is 5.56 Å². The lowest BCUT2D eigenvalue weighted by Crippen LogP contribution is -2.19. The van der Waals surface area contributed by atoms with Crippen LogP contribution in [0.3, 0.4) is 0 Å². The summed E-state index contributed by atoms with van der Waals surface area (Å²) in [7, 11) is 1.53. The minimum absolute atomic E-state index is 0.247. The van der Waals surface area contributed by atoms with Crippen molar-refractivity contribution in [2.75, 3.05) is 13.7 Å². The molecule has 0 unspecified atom stereocenters. The molecule has 0 saturated heterocycles. The van der Waals surface area contributed by atoms with E-state index in [1.54, 1.807) is 12.1 Å². The summed E-state index contributed by atoms with van der Waals surface area (Å²) >= 11 is 14.8. The number of hydrogen-bond donors (Lipinski definition) is 1. The van der Waals surface area contributed by atoms with Gasteiger partial charge < -0.3 is 10.1 Å². The normalized spacial score (nSPS) is 10.0. The first kappa shape index (κ1) is 13.6. The number of carbonyl (C=O) groups excluding carboxylic acids is 1. The van der Waals surface area contributed by atoms with Crippen molar-refractivity contribution in [2.45, 2.75) is 6.42 Å². The van der Waals surface area contributed by atoms with Gasteiger partial charge in [0.15, 0.2) is 0 Å². The highest BCUT2D eigenvalue weighted by Gasteiger charge is 2.07. The lowest BCUT2D eigenvalue weighted by molar-refractivity contribution is 0.262. The van der Waals surface area contributed by atoms with Gasteiger partial charge in [-0.1, -0.05) is 23.2 Å². The maximum Gasteiger partial charge on any atom is 0.287 e. The second-order valence-electron chi connectivity index (χ2n) is 3.03. The van der Waals surface area contributed by atoms with Crippen molar-refractivity contribution in [3.8, 4) is 5.75 Å². The Bertz CT molecular complexity index is 399. The quantitative estimate of drug-likeness (QED) is 0.677. The van der Waals surface area contributed by atoms with Crippen LogP contribution in [-0.4, -0.2) is 18.5 Å². The van der Waals surface area contributed by atoms with Gasteiger partial charge in [-0.15, -0.1) is 0 Å². The van der Waals surface area contributed by atoms with E-state index in [1.807, 2.05) is 0 Å². The minimum Gasteiger partial charge on any atom is -0.495 e. The van der Waals surface area contributed by atoms with Gasteiger partial charge >= 0.3 is 0 Å². The van der Waals surface area contributed by atoms with Gasteiger partial charge in [0, 0.05) is 33.6 Å². The molecule has 1 N–H and O–H groups in total.